The normalized spacial score (nSPS) is 16.5. The van der Waals surface area contributed by atoms with Crippen molar-refractivity contribution in [2.75, 3.05) is 17.8 Å². The number of nitrogens with zero attached hydrogens (tertiary/aromatic N) is 2. The lowest BCUT2D eigenvalue weighted by molar-refractivity contribution is -0.115. The van der Waals surface area contributed by atoms with Crippen molar-refractivity contribution in [3.05, 3.63) is 54.6 Å². The topological polar surface area (TPSA) is 41.9 Å². The van der Waals surface area contributed by atoms with Crippen molar-refractivity contribution in [3.63, 3.8) is 0 Å². The monoisotopic (exact) mass is 298 g/mol. The molecule has 2 aromatic carbocycles. The number of amides is 1. The molecule has 0 aliphatic carbocycles. The van der Waals surface area contributed by atoms with Crippen LogP contribution in [0.25, 0.3) is 0 Å². The number of anilines is 1. The maximum atomic E-state index is 12.1. The first-order valence-corrected chi connectivity index (χ1v) is 7.50. The standard InChI is InChI=1S/C16H14N2O2S/c1-20-14-9-7-13(8-10-14)18-15(19)11-21-16(18)17-12-5-3-2-4-6-12/h2-10H,11H2,1H3/b17-16-. The Balaban J connectivity index is 1.94. The highest BCUT2D eigenvalue weighted by Gasteiger charge is 2.29. The first kappa shape index (κ1) is 13.7. The summed E-state index contributed by atoms with van der Waals surface area (Å²) in [5, 5.41) is 0.705. The summed E-state index contributed by atoms with van der Waals surface area (Å²) in [6, 6.07) is 17.0. The Hall–Kier alpha value is -2.27. The van der Waals surface area contributed by atoms with Gasteiger partial charge in [-0.15, -0.1) is 0 Å². The third-order valence-corrected chi connectivity index (χ3v) is 4.00. The number of thioether (sulfide) groups is 1. The Morgan fingerprint density at radius 3 is 2.48 bits per heavy atom. The molecule has 0 atom stereocenters. The SMILES string of the molecule is COc1ccc(N2C(=O)CS/C2=N\c2ccccc2)cc1. The highest BCUT2D eigenvalue weighted by Crippen LogP contribution is 2.29. The van der Waals surface area contributed by atoms with Gasteiger partial charge in [-0.1, -0.05) is 30.0 Å². The van der Waals surface area contributed by atoms with Crippen LogP contribution < -0.4 is 9.64 Å². The molecule has 21 heavy (non-hydrogen) atoms. The number of aliphatic imine (C=N–C) groups is 1. The fourth-order valence-electron chi connectivity index (χ4n) is 2.04. The van der Waals surface area contributed by atoms with Crippen LogP contribution in [-0.2, 0) is 4.79 Å². The zero-order valence-corrected chi connectivity index (χ0v) is 12.3. The second kappa shape index (κ2) is 6.01. The summed E-state index contributed by atoms with van der Waals surface area (Å²) >= 11 is 1.45. The van der Waals surface area contributed by atoms with Gasteiger partial charge in [0.1, 0.15) is 5.75 Å². The predicted molar refractivity (Wildman–Crippen MR) is 86.5 cm³/mol. The van der Waals surface area contributed by atoms with E-state index in [1.165, 1.54) is 11.8 Å². The van der Waals surface area contributed by atoms with Crippen LogP contribution in [0.2, 0.25) is 0 Å². The Labute approximate surface area is 127 Å². The first-order chi connectivity index (χ1) is 10.3. The van der Waals surface area contributed by atoms with Gasteiger partial charge in [-0.2, -0.15) is 0 Å². The molecule has 1 amide bonds. The van der Waals surface area contributed by atoms with E-state index in [0.29, 0.717) is 10.9 Å². The molecule has 1 heterocycles. The van der Waals surface area contributed by atoms with Gasteiger partial charge in [0, 0.05) is 0 Å². The lowest BCUT2D eigenvalue weighted by Gasteiger charge is -2.16. The van der Waals surface area contributed by atoms with Crippen molar-refractivity contribution in [3.8, 4) is 5.75 Å². The first-order valence-electron chi connectivity index (χ1n) is 6.51. The smallest absolute Gasteiger partial charge is 0.243 e. The Morgan fingerprint density at radius 2 is 1.81 bits per heavy atom. The summed E-state index contributed by atoms with van der Waals surface area (Å²) in [5.74, 6) is 1.22. The van der Waals surface area contributed by atoms with Crippen molar-refractivity contribution in [2.24, 2.45) is 4.99 Å². The van der Waals surface area contributed by atoms with Gasteiger partial charge in [0.05, 0.1) is 24.2 Å². The number of rotatable bonds is 3. The molecule has 1 saturated heterocycles. The van der Waals surface area contributed by atoms with Gasteiger partial charge < -0.3 is 4.74 Å². The fraction of sp³-hybridized carbons (Fsp3) is 0.125. The molecular weight excluding hydrogens is 284 g/mol. The Morgan fingerprint density at radius 1 is 1.10 bits per heavy atom. The molecule has 5 heteroatoms. The van der Waals surface area contributed by atoms with E-state index in [4.69, 9.17) is 4.74 Å². The van der Waals surface area contributed by atoms with Gasteiger partial charge in [-0.05, 0) is 36.4 Å². The number of amidine groups is 1. The van der Waals surface area contributed by atoms with Gasteiger partial charge in [0.2, 0.25) is 5.91 Å². The van der Waals surface area contributed by atoms with Crippen molar-refractivity contribution in [1.29, 1.82) is 0 Å². The number of para-hydroxylation sites is 1. The average molecular weight is 298 g/mol. The average Bonchev–Trinajstić information content (AvgIpc) is 2.89. The third-order valence-electron chi connectivity index (χ3n) is 3.08. The number of hydrogen-bond donors (Lipinski definition) is 0. The van der Waals surface area contributed by atoms with Gasteiger partial charge in [0.25, 0.3) is 0 Å². The quantitative estimate of drug-likeness (QED) is 0.871. The minimum absolute atomic E-state index is 0.0415. The molecule has 0 saturated carbocycles. The maximum Gasteiger partial charge on any atom is 0.243 e. The fourth-order valence-corrected chi connectivity index (χ4v) is 2.93. The van der Waals surface area contributed by atoms with Crippen molar-refractivity contribution < 1.29 is 9.53 Å². The van der Waals surface area contributed by atoms with Crippen molar-refractivity contribution in [1.82, 2.24) is 0 Å². The molecule has 106 valence electrons. The number of carbonyl (C=O) groups excluding carboxylic acids is 1. The van der Waals surface area contributed by atoms with Crippen LogP contribution in [0.3, 0.4) is 0 Å². The number of carbonyl (C=O) groups is 1. The van der Waals surface area contributed by atoms with Crippen LogP contribution in [0.4, 0.5) is 11.4 Å². The third kappa shape index (κ3) is 2.92. The summed E-state index contributed by atoms with van der Waals surface area (Å²) in [4.78, 5) is 18.3. The molecule has 1 aliphatic heterocycles. The molecule has 2 aromatic rings. The number of ether oxygens (including phenoxy) is 1. The van der Waals surface area contributed by atoms with E-state index in [0.717, 1.165) is 17.1 Å². The van der Waals surface area contributed by atoms with Crippen LogP contribution in [0.1, 0.15) is 0 Å². The minimum Gasteiger partial charge on any atom is -0.497 e. The highest BCUT2D eigenvalue weighted by molar-refractivity contribution is 8.15. The Bertz CT molecular complexity index is 668. The van der Waals surface area contributed by atoms with E-state index in [9.17, 15) is 4.79 Å². The number of benzene rings is 2. The van der Waals surface area contributed by atoms with Crippen LogP contribution in [-0.4, -0.2) is 23.9 Å². The van der Waals surface area contributed by atoms with Crippen LogP contribution in [0.15, 0.2) is 59.6 Å². The molecule has 0 unspecified atom stereocenters. The van der Waals surface area contributed by atoms with Crippen LogP contribution in [0, 0.1) is 0 Å². The second-order valence-corrected chi connectivity index (χ2v) is 5.39. The molecule has 0 aromatic heterocycles. The van der Waals surface area contributed by atoms with Gasteiger partial charge in [-0.25, -0.2) is 4.99 Å². The van der Waals surface area contributed by atoms with Crippen molar-refractivity contribution >= 4 is 34.2 Å². The molecule has 0 bridgehead atoms. The summed E-state index contributed by atoms with van der Waals surface area (Å²) in [7, 11) is 1.62. The largest absolute Gasteiger partial charge is 0.497 e. The molecule has 1 fully saturated rings. The van der Waals surface area contributed by atoms with Crippen LogP contribution >= 0.6 is 11.8 Å². The molecule has 0 radical (unpaired) electrons. The predicted octanol–water partition coefficient (Wildman–Crippen LogP) is 3.46. The molecule has 0 N–H and O–H groups in total. The van der Waals surface area contributed by atoms with E-state index < -0.39 is 0 Å². The van der Waals surface area contributed by atoms with E-state index in [1.54, 1.807) is 12.0 Å². The molecule has 3 rings (SSSR count). The molecule has 0 spiro atoms. The van der Waals surface area contributed by atoms with E-state index in [2.05, 4.69) is 4.99 Å². The number of methoxy groups -OCH3 is 1. The van der Waals surface area contributed by atoms with E-state index >= 15 is 0 Å². The van der Waals surface area contributed by atoms with E-state index in [-0.39, 0.29) is 5.91 Å². The highest BCUT2D eigenvalue weighted by atomic mass is 32.2. The van der Waals surface area contributed by atoms with Gasteiger partial charge in [0.15, 0.2) is 5.17 Å². The zero-order chi connectivity index (χ0) is 14.7. The summed E-state index contributed by atoms with van der Waals surface area (Å²) in [6.45, 7) is 0. The van der Waals surface area contributed by atoms with E-state index in [1.807, 2.05) is 54.6 Å². The summed E-state index contributed by atoms with van der Waals surface area (Å²) in [6.07, 6.45) is 0. The maximum absolute atomic E-state index is 12.1. The zero-order valence-electron chi connectivity index (χ0n) is 11.5. The second-order valence-electron chi connectivity index (χ2n) is 4.45. The minimum atomic E-state index is 0.0415. The van der Waals surface area contributed by atoms with Crippen LogP contribution in [0.5, 0.6) is 5.75 Å². The van der Waals surface area contributed by atoms with Gasteiger partial charge >= 0.3 is 0 Å². The summed E-state index contributed by atoms with van der Waals surface area (Å²) < 4.78 is 5.14. The van der Waals surface area contributed by atoms with Gasteiger partial charge in [-0.3, -0.25) is 9.69 Å². The lowest BCUT2D eigenvalue weighted by atomic mass is 10.3. The molecule has 4 nitrogen and oxygen atoms in total. The summed E-state index contributed by atoms with van der Waals surface area (Å²) in [5.41, 5.74) is 1.65. The Kier molecular flexibility index (Phi) is 3.92. The lowest BCUT2D eigenvalue weighted by Crippen LogP contribution is -2.28. The molecular formula is C16H14N2O2S. The van der Waals surface area contributed by atoms with Crippen molar-refractivity contribution in [2.45, 2.75) is 0 Å². The molecule has 1 aliphatic rings. The number of hydrogen-bond acceptors (Lipinski definition) is 4.